The third kappa shape index (κ3) is 7.04. The number of benzene rings is 1. The Morgan fingerprint density at radius 3 is 2.70 bits per heavy atom. The van der Waals surface area contributed by atoms with Crippen LogP contribution in [0.25, 0.3) is 0 Å². The summed E-state index contributed by atoms with van der Waals surface area (Å²) >= 11 is 1.40. The number of ether oxygens (including phenoxy) is 3. The Labute approximate surface area is 220 Å². The smallest absolute Gasteiger partial charge is 0.275 e. The Morgan fingerprint density at radius 1 is 1.16 bits per heavy atom. The van der Waals surface area contributed by atoms with E-state index in [0.717, 1.165) is 24.6 Å². The fourth-order valence-corrected chi connectivity index (χ4v) is 5.10. The highest BCUT2D eigenvalue weighted by molar-refractivity contribution is 7.14. The van der Waals surface area contributed by atoms with Gasteiger partial charge in [-0.05, 0) is 24.1 Å². The van der Waals surface area contributed by atoms with Gasteiger partial charge in [-0.15, -0.1) is 11.3 Å². The number of rotatable bonds is 10. The van der Waals surface area contributed by atoms with Crippen molar-refractivity contribution in [3.8, 4) is 0 Å². The van der Waals surface area contributed by atoms with Crippen molar-refractivity contribution in [3.63, 3.8) is 0 Å². The second kappa shape index (κ2) is 13.0. The first-order chi connectivity index (χ1) is 18.0. The van der Waals surface area contributed by atoms with Crippen LogP contribution in [0.5, 0.6) is 0 Å². The zero-order chi connectivity index (χ0) is 26.2. The van der Waals surface area contributed by atoms with Gasteiger partial charge in [0.25, 0.3) is 11.8 Å². The van der Waals surface area contributed by atoms with Crippen LogP contribution < -0.4 is 15.5 Å². The van der Waals surface area contributed by atoms with Crippen molar-refractivity contribution in [2.75, 3.05) is 77.0 Å². The molecular formula is C25H33N5O6S. The van der Waals surface area contributed by atoms with Crippen LogP contribution in [0.1, 0.15) is 32.8 Å². The zero-order valence-electron chi connectivity index (χ0n) is 21.2. The molecule has 0 aliphatic carbocycles. The maximum Gasteiger partial charge on any atom is 0.275 e. The first-order valence-corrected chi connectivity index (χ1v) is 13.2. The first kappa shape index (κ1) is 27.0. The lowest BCUT2D eigenvalue weighted by Gasteiger charge is -2.27. The number of morpholine rings is 1. The fraction of sp³-hybridized carbons (Fsp3) is 0.520. The number of hydrogen-bond donors (Lipinski definition) is 2. The number of nitrogens with one attached hydrogen (secondary N) is 2. The molecule has 0 radical (unpaired) electrons. The molecular weight excluding hydrogens is 498 g/mol. The molecule has 3 heterocycles. The van der Waals surface area contributed by atoms with E-state index in [-0.39, 0.29) is 35.6 Å². The van der Waals surface area contributed by atoms with E-state index >= 15 is 0 Å². The van der Waals surface area contributed by atoms with Gasteiger partial charge in [-0.25, -0.2) is 4.98 Å². The lowest BCUT2D eigenvalue weighted by atomic mass is 10.0. The summed E-state index contributed by atoms with van der Waals surface area (Å²) < 4.78 is 15.8. The molecule has 4 rings (SSSR count). The Kier molecular flexibility index (Phi) is 9.45. The van der Waals surface area contributed by atoms with Crippen LogP contribution in [0.15, 0.2) is 23.6 Å². The average Bonchev–Trinajstić information content (AvgIpc) is 3.60. The van der Waals surface area contributed by atoms with Gasteiger partial charge in [0, 0.05) is 52.3 Å². The topological polar surface area (TPSA) is 122 Å². The van der Waals surface area contributed by atoms with Crippen LogP contribution in [-0.4, -0.2) is 100 Å². The largest absolute Gasteiger partial charge is 0.383 e. The summed E-state index contributed by atoms with van der Waals surface area (Å²) in [7, 11) is 3.25. The number of aromatic nitrogens is 1. The molecule has 2 fully saturated rings. The van der Waals surface area contributed by atoms with Crippen LogP contribution in [0.2, 0.25) is 0 Å². The number of carbonyl (C=O) groups is 3. The highest BCUT2D eigenvalue weighted by Gasteiger charge is 2.26. The van der Waals surface area contributed by atoms with E-state index in [2.05, 4.69) is 20.5 Å². The number of amides is 3. The van der Waals surface area contributed by atoms with Crippen LogP contribution in [-0.2, 0) is 25.4 Å². The maximum absolute atomic E-state index is 13.0. The van der Waals surface area contributed by atoms with Gasteiger partial charge in [-0.2, -0.15) is 0 Å². The summed E-state index contributed by atoms with van der Waals surface area (Å²) in [5, 5.41) is 8.08. The van der Waals surface area contributed by atoms with Crippen LogP contribution in [0.4, 0.5) is 10.8 Å². The van der Waals surface area contributed by atoms with Gasteiger partial charge in [0.2, 0.25) is 5.91 Å². The summed E-state index contributed by atoms with van der Waals surface area (Å²) in [6.45, 7) is 4.37. The predicted octanol–water partition coefficient (Wildman–Crippen LogP) is 1.40. The SMILES string of the molecule is COCCNC(=O)c1cc(CC(=O)N2CCOCC2)ccc1NC(=O)c1csc(N2CC[C@H](OC)C2)n1. The highest BCUT2D eigenvalue weighted by atomic mass is 32.1. The summed E-state index contributed by atoms with van der Waals surface area (Å²) in [5.41, 5.74) is 1.58. The lowest BCUT2D eigenvalue weighted by molar-refractivity contribution is -0.134. The van der Waals surface area contributed by atoms with Gasteiger partial charge in [0.1, 0.15) is 5.69 Å². The Morgan fingerprint density at radius 2 is 1.97 bits per heavy atom. The predicted molar refractivity (Wildman–Crippen MR) is 139 cm³/mol. The Bertz CT molecular complexity index is 1100. The van der Waals surface area contributed by atoms with Gasteiger partial charge >= 0.3 is 0 Å². The molecule has 2 aromatic rings. The van der Waals surface area contributed by atoms with Crippen LogP contribution in [0.3, 0.4) is 0 Å². The van der Waals surface area contributed by atoms with Gasteiger partial charge in [0.15, 0.2) is 5.13 Å². The molecule has 200 valence electrons. The van der Waals surface area contributed by atoms with Gasteiger partial charge in [-0.3, -0.25) is 14.4 Å². The maximum atomic E-state index is 13.0. The number of hydrogen-bond acceptors (Lipinski definition) is 9. The third-order valence-corrected chi connectivity index (χ3v) is 7.26. The van der Waals surface area contributed by atoms with Gasteiger partial charge in [0.05, 0.1) is 43.6 Å². The van der Waals surface area contributed by atoms with Crippen molar-refractivity contribution >= 4 is 39.9 Å². The Hall–Kier alpha value is -3.06. The molecule has 37 heavy (non-hydrogen) atoms. The minimum Gasteiger partial charge on any atom is -0.383 e. The quantitative estimate of drug-likeness (QED) is 0.441. The summed E-state index contributed by atoms with van der Waals surface area (Å²) in [6, 6.07) is 5.06. The molecule has 3 amide bonds. The summed E-state index contributed by atoms with van der Waals surface area (Å²) in [6.07, 6.45) is 1.23. The van der Waals surface area contributed by atoms with Gasteiger partial charge < -0.3 is 34.6 Å². The second-order valence-electron chi connectivity index (χ2n) is 8.86. The van der Waals surface area contributed by atoms with Crippen molar-refractivity contribution in [2.45, 2.75) is 18.9 Å². The molecule has 11 nitrogen and oxygen atoms in total. The highest BCUT2D eigenvalue weighted by Crippen LogP contribution is 2.26. The van der Waals surface area contributed by atoms with Crippen molar-refractivity contribution in [1.29, 1.82) is 0 Å². The standard InChI is InChI=1S/C25H33N5O6S/c1-34-10-6-26-23(32)19-13-17(14-22(31)29-8-11-36-12-9-29)3-4-20(19)27-24(33)21-16-37-25(28-21)30-7-5-18(15-30)35-2/h3-4,13,16,18H,5-12,14-15H2,1-2H3,(H,26,32)(H,27,33)/t18-/m0/s1. The van der Waals surface area contributed by atoms with Crippen LogP contribution >= 0.6 is 11.3 Å². The molecule has 0 saturated carbocycles. The molecule has 2 aliphatic heterocycles. The number of anilines is 2. The minimum absolute atomic E-state index is 0.0292. The molecule has 1 aromatic heterocycles. The van der Waals surface area contributed by atoms with E-state index in [1.54, 1.807) is 42.7 Å². The number of methoxy groups -OCH3 is 2. The molecule has 1 aromatic carbocycles. The minimum atomic E-state index is -0.409. The lowest BCUT2D eigenvalue weighted by Crippen LogP contribution is -2.41. The molecule has 0 spiro atoms. The van der Waals surface area contributed by atoms with E-state index in [4.69, 9.17) is 14.2 Å². The number of carbonyl (C=O) groups excluding carboxylic acids is 3. The molecule has 1 atom stereocenters. The molecule has 2 N–H and O–H groups in total. The second-order valence-corrected chi connectivity index (χ2v) is 9.70. The molecule has 2 saturated heterocycles. The van der Waals surface area contributed by atoms with E-state index in [1.165, 1.54) is 11.3 Å². The van der Waals surface area contributed by atoms with E-state index in [1.807, 2.05) is 0 Å². The molecule has 12 heteroatoms. The average molecular weight is 532 g/mol. The number of nitrogens with zero attached hydrogens (tertiary/aromatic N) is 3. The summed E-state index contributed by atoms with van der Waals surface area (Å²) in [4.78, 5) is 47.1. The van der Waals surface area contributed by atoms with Gasteiger partial charge in [-0.1, -0.05) is 6.07 Å². The van der Waals surface area contributed by atoms with Crippen molar-refractivity contribution < 1.29 is 28.6 Å². The number of thiazole rings is 1. The monoisotopic (exact) mass is 531 g/mol. The molecule has 2 aliphatic rings. The molecule has 0 bridgehead atoms. The normalized spacial score (nSPS) is 17.6. The van der Waals surface area contributed by atoms with E-state index in [0.29, 0.717) is 50.7 Å². The van der Waals surface area contributed by atoms with Crippen LogP contribution in [0, 0.1) is 0 Å². The van der Waals surface area contributed by atoms with E-state index in [9.17, 15) is 14.4 Å². The Balaban J connectivity index is 1.48. The summed E-state index contributed by atoms with van der Waals surface area (Å²) in [5.74, 6) is -0.804. The first-order valence-electron chi connectivity index (χ1n) is 12.3. The zero-order valence-corrected chi connectivity index (χ0v) is 22.0. The molecule has 0 unspecified atom stereocenters. The van der Waals surface area contributed by atoms with Crippen molar-refractivity contribution in [1.82, 2.24) is 15.2 Å². The fourth-order valence-electron chi connectivity index (χ4n) is 4.25. The van der Waals surface area contributed by atoms with Crippen molar-refractivity contribution in [2.24, 2.45) is 0 Å². The third-order valence-electron chi connectivity index (χ3n) is 6.36. The van der Waals surface area contributed by atoms with Crippen molar-refractivity contribution in [3.05, 3.63) is 40.4 Å². The van der Waals surface area contributed by atoms with E-state index < -0.39 is 5.91 Å².